The van der Waals surface area contributed by atoms with Crippen LogP contribution in [0.2, 0.25) is 0 Å². The highest BCUT2D eigenvalue weighted by Crippen LogP contribution is 2.54. The molecule has 0 saturated carbocycles. The molecule has 1 aliphatic heterocycles. The highest BCUT2D eigenvalue weighted by Gasteiger charge is 2.31. The smallest absolute Gasteiger partial charge is 0.449 e. The molecule has 0 aliphatic carbocycles. The van der Waals surface area contributed by atoms with Gasteiger partial charge in [-0.05, 0) is 82.3 Å². The van der Waals surface area contributed by atoms with Crippen molar-refractivity contribution in [1.29, 1.82) is 0 Å². The Kier molecular flexibility index (Phi) is 13.1. The van der Waals surface area contributed by atoms with Gasteiger partial charge in [0.05, 0.1) is 0 Å². The van der Waals surface area contributed by atoms with E-state index < -0.39 is 17.2 Å². The SMILES string of the molecule is CC(C)c1ccccc1OP(Oc1ccccc1C(C)C)Oc1cccc2c1Oc1c(cccc1OP(Oc1ccccc1C(C)C)Oc1ccccc1C(C)C)C2. The number of rotatable bonds is 16. The van der Waals surface area contributed by atoms with Crippen molar-refractivity contribution in [2.24, 2.45) is 0 Å². The molecule has 0 unspecified atom stereocenters. The molecule has 0 saturated heterocycles. The van der Waals surface area contributed by atoms with Gasteiger partial charge in [0.2, 0.25) is 0 Å². The standard InChI is InChI=1S/C49H52O7P2/c1-32(2)38-21-9-13-25-42(38)51-57(52-43-26-14-10-22-39(43)33(3)4)55-46-29-17-19-36-31-37-20-18-30-47(49(37)50-48(36)46)56-58(53-44-27-15-11-23-40(44)34(5)6)54-45-28-16-12-24-41(45)35(7)8/h9-30,32-35H,31H2,1-8H3. The monoisotopic (exact) mass is 814 g/mol. The molecule has 7 nitrogen and oxygen atoms in total. The first-order valence-corrected chi connectivity index (χ1v) is 22.2. The lowest BCUT2D eigenvalue weighted by atomic mass is 10.00. The largest absolute Gasteiger partial charge is 0.530 e. The first kappa shape index (κ1) is 41.0. The summed E-state index contributed by atoms with van der Waals surface area (Å²) in [5.74, 6) is 5.91. The molecule has 0 fully saturated rings. The Morgan fingerprint density at radius 2 is 0.603 bits per heavy atom. The van der Waals surface area contributed by atoms with E-state index in [1.807, 2.05) is 97.1 Å². The second kappa shape index (κ2) is 18.6. The summed E-state index contributed by atoms with van der Waals surface area (Å²) in [4.78, 5) is 0. The molecule has 0 aromatic heterocycles. The summed E-state index contributed by atoms with van der Waals surface area (Å²) in [6.07, 6.45) is 0.594. The molecular formula is C49H52O7P2. The van der Waals surface area contributed by atoms with Crippen LogP contribution >= 0.6 is 17.2 Å². The fraction of sp³-hybridized carbons (Fsp3) is 0.265. The minimum atomic E-state index is -2.00. The molecule has 0 atom stereocenters. The second-order valence-electron chi connectivity index (χ2n) is 15.5. The van der Waals surface area contributed by atoms with E-state index in [9.17, 15) is 0 Å². The molecule has 58 heavy (non-hydrogen) atoms. The van der Waals surface area contributed by atoms with Gasteiger partial charge in [-0.1, -0.05) is 152 Å². The molecule has 0 spiro atoms. The van der Waals surface area contributed by atoms with Crippen molar-refractivity contribution >= 4 is 17.2 Å². The van der Waals surface area contributed by atoms with E-state index in [0.29, 0.717) is 52.4 Å². The van der Waals surface area contributed by atoms with Gasteiger partial charge in [-0.25, -0.2) is 0 Å². The van der Waals surface area contributed by atoms with E-state index in [-0.39, 0.29) is 23.7 Å². The Hall–Kier alpha value is -5.22. The zero-order chi connectivity index (χ0) is 40.8. The van der Waals surface area contributed by atoms with Gasteiger partial charge in [0.15, 0.2) is 23.0 Å². The number of benzene rings is 6. The Morgan fingerprint density at radius 3 is 0.897 bits per heavy atom. The van der Waals surface area contributed by atoms with Crippen LogP contribution in [0.3, 0.4) is 0 Å². The van der Waals surface area contributed by atoms with Gasteiger partial charge in [-0.15, -0.1) is 0 Å². The topological polar surface area (TPSA) is 64.6 Å². The average molecular weight is 815 g/mol. The summed E-state index contributed by atoms with van der Waals surface area (Å²) in [5.41, 5.74) is 6.19. The van der Waals surface area contributed by atoms with Crippen LogP contribution in [0.15, 0.2) is 133 Å². The normalized spacial score (nSPS) is 12.1. The number of hydrogen-bond donors (Lipinski definition) is 0. The van der Waals surface area contributed by atoms with Gasteiger partial charge in [0.1, 0.15) is 23.0 Å². The summed E-state index contributed by atoms with van der Waals surface area (Å²) in [6.45, 7) is 17.2. The highest BCUT2D eigenvalue weighted by atomic mass is 31.2. The van der Waals surface area contributed by atoms with Gasteiger partial charge in [0.25, 0.3) is 0 Å². The number of fused-ring (bicyclic) bond motifs is 2. The summed E-state index contributed by atoms with van der Waals surface area (Å²) >= 11 is 0. The second-order valence-corrected chi connectivity index (χ2v) is 17.5. The van der Waals surface area contributed by atoms with Crippen LogP contribution in [0, 0.1) is 0 Å². The minimum Gasteiger partial charge on any atom is -0.449 e. The lowest BCUT2D eigenvalue weighted by molar-refractivity contribution is 0.355. The molecular weight excluding hydrogens is 762 g/mol. The first-order chi connectivity index (χ1) is 28.0. The summed E-state index contributed by atoms with van der Waals surface area (Å²) in [5, 5.41) is 0. The quantitative estimate of drug-likeness (QED) is 0.0900. The first-order valence-electron chi connectivity index (χ1n) is 20.0. The Balaban J connectivity index is 1.23. The van der Waals surface area contributed by atoms with Crippen molar-refractivity contribution in [3.05, 3.63) is 167 Å². The number of ether oxygens (including phenoxy) is 1. The predicted molar refractivity (Wildman–Crippen MR) is 235 cm³/mol. The van der Waals surface area contributed by atoms with Crippen molar-refractivity contribution in [3.63, 3.8) is 0 Å². The average Bonchev–Trinajstić information content (AvgIpc) is 3.21. The van der Waals surface area contributed by atoms with E-state index in [2.05, 4.69) is 91.8 Å². The molecule has 300 valence electrons. The molecule has 0 amide bonds. The Morgan fingerprint density at radius 1 is 0.345 bits per heavy atom. The van der Waals surface area contributed by atoms with E-state index in [1.165, 1.54) is 0 Å². The maximum atomic E-state index is 6.84. The van der Waals surface area contributed by atoms with Crippen molar-refractivity contribution in [1.82, 2.24) is 0 Å². The summed E-state index contributed by atoms with van der Waals surface area (Å²) in [6, 6.07) is 43.9. The Labute approximate surface area is 346 Å². The third-order valence-electron chi connectivity index (χ3n) is 9.91. The molecule has 1 heterocycles. The summed E-state index contributed by atoms with van der Waals surface area (Å²) < 4.78 is 47.0. The van der Waals surface area contributed by atoms with Gasteiger partial charge in [-0.3, -0.25) is 0 Å². The lowest BCUT2D eigenvalue weighted by Gasteiger charge is -2.27. The van der Waals surface area contributed by atoms with E-state index in [1.54, 1.807) is 0 Å². The Bertz CT molecular complexity index is 2050. The zero-order valence-corrected chi connectivity index (χ0v) is 36.3. The van der Waals surface area contributed by atoms with Gasteiger partial charge >= 0.3 is 17.2 Å². The lowest BCUT2D eigenvalue weighted by Crippen LogP contribution is -2.10. The molecule has 9 heteroatoms. The van der Waals surface area contributed by atoms with Crippen LogP contribution in [-0.4, -0.2) is 0 Å². The molecule has 0 radical (unpaired) electrons. The minimum absolute atomic E-state index is 0.231. The predicted octanol–water partition coefficient (Wildman–Crippen LogP) is 15.4. The van der Waals surface area contributed by atoms with Crippen molar-refractivity contribution < 1.29 is 31.9 Å². The maximum absolute atomic E-state index is 6.84. The summed E-state index contributed by atoms with van der Waals surface area (Å²) in [7, 11) is -4.00. The number of para-hydroxylation sites is 6. The van der Waals surface area contributed by atoms with Gasteiger partial charge in [-0.2, -0.15) is 0 Å². The molecule has 6 aromatic rings. The van der Waals surface area contributed by atoms with Gasteiger partial charge in [0, 0.05) is 17.5 Å². The van der Waals surface area contributed by atoms with Crippen LogP contribution in [-0.2, 0) is 6.42 Å². The van der Waals surface area contributed by atoms with Crippen molar-refractivity contribution in [3.8, 4) is 46.0 Å². The van der Waals surface area contributed by atoms with E-state index in [4.69, 9.17) is 31.9 Å². The van der Waals surface area contributed by atoms with Crippen molar-refractivity contribution in [2.45, 2.75) is 85.5 Å². The van der Waals surface area contributed by atoms with Crippen molar-refractivity contribution in [2.75, 3.05) is 0 Å². The van der Waals surface area contributed by atoms with Crippen LogP contribution in [0.5, 0.6) is 46.0 Å². The van der Waals surface area contributed by atoms with Crippen LogP contribution in [0.25, 0.3) is 0 Å². The van der Waals surface area contributed by atoms with Crippen LogP contribution in [0.1, 0.15) is 112 Å². The molecule has 7 rings (SSSR count). The van der Waals surface area contributed by atoms with Gasteiger partial charge < -0.3 is 31.9 Å². The molecule has 1 aliphatic rings. The fourth-order valence-electron chi connectivity index (χ4n) is 6.84. The third kappa shape index (κ3) is 9.55. The number of hydrogen-bond acceptors (Lipinski definition) is 7. The van der Waals surface area contributed by atoms with E-state index in [0.717, 1.165) is 33.4 Å². The van der Waals surface area contributed by atoms with Crippen LogP contribution < -0.4 is 31.9 Å². The zero-order valence-electron chi connectivity index (χ0n) is 34.5. The molecule has 6 aromatic carbocycles. The fourth-order valence-corrected chi connectivity index (χ4v) is 8.98. The van der Waals surface area contributed by atoms with Crippen LogP contribution in [0.4, 0.5) is 0 Å². The third-order valence-corrected chi connectivity index (χ3v) is 12.0. The molecule has 0 N–H and O–H groups in total. The highest BCUT2D eigenvalue weighted by molar-refractivity contribution is 7.43. The molecule has 0 bridgehead atoms. The maximum Gasteiger partial charge on any atom is 0.530 e. The van der Waals surface area contributed by atoms with E-state index >= 15 is 0 Å².